The van der Waals surface area contributed by atoms with Gasteiger partial charge in [-0.05, 0) is 31.0 Å². The first-order valence-corrected chi connectivity index (χ1v) is 9.13. The highest BCUT2D eigenvalue weighted by Gasteiger charge is 2.22. The third-order valence-electron chi connectivity index (χ3n) is 3.98. The molecule has 0 unspecified atom stereocenters. The second-order valence-corrected chi connectivity index (χ2v) is 6.39. The fraction of sp³-hybridized carbons (Fsp3) is 0.421. The summed E-state index contributed by atoms with van der Waals surface area (Å²) in [6.07, 6.45) is 1.90. The summed E-state index contributed by atoms with van der Waals surface area (Å²) in [6.45, 7) is 4.32. The van der Waals surface area contributed by atoms with Crippen molar-refractivity contribution in [2.75, 3.05) is 13.7 Å². The number of rotatable bonds is 9. The maximum atomic E-state index is 12.3. The molecule has 8 heteroatoms. The van der Waals surface area contributed by atoms with E-state index in [1.54, 1.807) is 18.7 Å². The molecule has 0 bridgehead atoms. The Hall–Kier alpha value is -2.54. The highest BCUT2D eigenvalue weighted by atomic mass is 35.5. The molecule has 146 valence electrons. The minimum absolute atomic E-state index is 0.204. The summed E-state index contributed by atoms with van der Waals surface area (Å²) >= 11 is 6.23. The van der Waals surface area contributed by atoms with Crippen LogP contribution in [0.4, 0.5) is 0 Å². The van der Waals surface area contributed by atoms with Gasteiger partial charge in [0.2, 0.25) is 0 Å². The Labute approximate surface area is 163 Å². The summed E-state index contributed by atoms with van der Waals surface area (Å²) in [5, 5.41) is 7.19. The number of hydrogen-bond donors (Lipinski definition) is 1. The molecule has 7 nitrogen and oxygen atoms in total. The van der Waals surface area contributed by atoms with Crippen molar-refractivity contribution in [1.82, 2.24) is 15.1 Å². The van der Waals surface area contributed by atoms with Gasteiger partial charge in [0.05, 0.1) is 12.8 Å². The van der Waals surface area contributed by atoms with Gasteiger partial charge in [-0.1, -0.05) is 37.1 Å². The lowest BCUT2D eigenvalue weighted by Crippen LogP contribution is -2.28. The molecular formula is C19H24ClN3O4. The van der Waals surface area contributed by atoms with Gasteiger partial charge in [0.25, 0.3) is 5.91 Å². The van der Waals surface area contributed by atoms with Gasteiger partial charge in [-0.25, -0.2) is 4.79 Å². The Kier molecular flexibility index (Phi) is 7.67. The summed E-state index contributed by atoms with van der Waals surface area (Å²) in [5.74, 6) is -0.308. The SMILES string of the molecule is CCCCn1nc(C)c(C(=O)OCC(=O)NCc2ccc(OC)cc2)c1Cl. The molecule has 0 saturated carbocycles. The second kappa shape index (κ2) is 9.97. The normalized spacial score (nSPS) is 10.5. The Morgan fingerprint density at radius 2 is 1.96 bits per heavy atom. The van der Waals surface area contributed by atoms with Crippen LogP contribution in [0, 0.1) is 6.92 Å². The largest absolute Gasteiger partial charge is 0.497 e. The lowest BCUT2D eigenvalue weighted by molar-refractivity contribution is -0.124. The minimum Gasteiger partial charge on any atom is -0.497 e. The number of hydrogen-bond acceptors (Lipinski definition) is 5. The van der Waals surface area contributed by atoms with E-state index in [4.69, 9.17) is 21.1 Å². The van der Waals surface area contributed by atoms with E-state index in [1.165, 1.54) is 0 Å². The molecule has 27 heavy (non-hydrogen) atoms. The summed E-state index contributed by atoms with van der Waals surface area (Å²) in [7, 11) is 1.59. The minimum atomic E-state index is -0.653. The number of aryl methyl sites for hydroxylation is 2. The molecule has 1 heterocycles. The van der Waals surface area contributed by atoms with Crippen LogP contribution >= 0.6 is 11.6 Å². The fourth-order valence-corrected chi connectivity index (χ4v) is 2.78. The van der Waals surface area contributed by atoms with E-state index in [-0.39, 0.29) is 17.3 Å². The number of unbranched alkanes of at least 4 members (excludes halogenated alkanes) is 1. The second-order valence-electron chi connectivity index (χ2n) is 6.03. The summed E-state index contributed by atoms with van der Waals surface area (Å²) in [6, 6.07) is 7.31. The van der Waals surface area contributed by atoms with Crippen LogP contribution in [0.25, 0.3) is 0 Å². The molecule has 2 rings (SSSR count). The molecule has 1 aromatic heterocycles. The molecule has 0 fully saturated rings. The average Bonchev–Trinajstić information content (AvgIpc) is 2.96. The number of carbonyl (C=O) groups excluding carboxylic acids is 2. The van der Waals surface area contributed by atoms with Crippen molar-refractivity contribution in [3.8, 4) is 5.75 Å². The molecule has 0 spiro atoms. The summed E-state index contributed by atoms with van der Waals surface area (Å²) in [5.41, 5.74) is 1.60. The third-order valence-corrected chi connectivity index (χ3v) is 4.36. The van der Waals surface area contributed by atoms with Gasteiger partial charge in [0.1, 0.15) is 16.5 Å². The smallest absolute Gasteiger partial charge is 0.343 e. The van der Waals surface area contributed by atoms with E-state index in [0.29, 0.717) is 18.8 Å². The van der Waals surface area contributed by atoms with E-state index in [2.05, 4.69) is 17.3 Å². The van der Waals surface area contributed by atoms with Crippen molar-refractivity contribution in [3.05, 3.63) is 46.2 Å². The zero-order valence-corrected chi connectivity index (χ0v) is 16.5. The zero-order valence-electron chi connectivity index (χ0n) is 15.8. The van der Waals surface area contributed by atoms with Crippen LogP contribution in [0.15, 0.2) is 24.3 Å². The van der Waals surface area contributed by atoms with Crippen LogP contribution in [-0.2, 0) is 22.6 Å². The van der Waals surface area contributed by atoms with Crippen LogP contribution in [-0.4, -0.2) is 35.4 Å². The first-order valence-electron chi connectivity index (χ1n) is 8.75. The average molecular weight is 394 g/mol. The number of benzene rings is 1. The van der Waals surface area contributed by atoms with E-state index in [0.717, 1.165) is 24.2 Å². The molecule has 2 aromatic rings. The highest BCUT2D eigenvalue weighted by molar-refractivity contribution is 6.32. The number of carbonyl (C=O) groups is 2. The number of esters is 1. The number of nitrogens with one attached hydrogen (secondary N) is 1. The lowest BCUT2D eigenvalue weighted by Gasteiger charge is -2.07. The molecule has 0 aliphatic carbocycles. The first-order chi connectivity index (χ1) is 13.0. The molecule has 0 atom stereocenters. The summed E-state index contributed by atoms with van der Waals surface area (Å²) in [4.78, 5) is 24.2. The molecule has 0 aliphatic heterocycles. The molecule has 1 amide bonds. The van der Waals surface area contributed by atoms with Crippen LogP contribution in [0.1, 0.15) is 41.4 Å². The van der Waals surface area contributed by atoms with E-state index in [1.807, 2.05) is 24.3 Å². The van der Waals surface area contributed by atoms with Crippen molar-refractivity contribution < 1.29 is 19.1 Å². The highest BCUT2D eigenvalue weighted by Crippen LogP contribution is 2.21. The Balaban J connectivity index is 1.85. The van der Waals surface area contributed by atoms with Crippen molar-refractivity contribution in [1.29, 1.82) is 0 Å². The molecular weight excluding hydrogens is 370 g/mol. The number of halogens is 1. The van der Waals surface area contributed by atoms with Crippen LogP contribution in [0.3, 0.4) is 0 Å². The van der Waals surface area contributed by atoms with E-state index in [9.17, 15) is 9.59 Å². The number of ether oxygens (including phenoxy) is 2. The summed E-state index contributed by atoms with van der Waals surface area (Å²) < 4.78 is 11.8. The Morgan fingerprint density at radius 1 is 1.26 bits per heavy atom. The standard InChI is InChI=1S/C19H24ClN3O4/c1-4-5-10-23-18(20)17(13(2)22-23)19(25)27-12-16(24)21-11-14-6-8-15(26-3)9-7-14/h6-9H,4-5,10-12H2,1-3H3,(H,21,24). The Bertz CT molecular complexity index is 787. The lowest BCUT2D eigenvalue weighted by atomic mass is 10.2. The van der Waals surface area contributed by atoms with Crippen molar-refractivity contribution in [3.63, 3.8) is 0 Å². The van der Waals surface area contributed by atoms with Crippen molar-refractivity contribution >= 4 is 23.5 Å². The van der Waals surface area contributed by atoms with Crippen molar-refractivity contribution in [2.24, 2.45) is 0 Å². The predicted molar refractivity (Wildman–Crippen MR) is 102 cm³/mol. The third kappa shape index (κ3) is 5.72. The van der Waals surface area contributed by atoms with Gasteiger partial charge < -0.3 is 14.8 Å². The molecule has 0 saturated heterocycles. The van der Waals surface area contributed by atoms with Gasteiger partial charge in [0.15, 0.2) is 6.61 Å². The van der Waals surface area contributed by atoms with Gasteiger partial charge in [-0.15, -0.1) is 0 Å². The van der Waals surface area contributed by atoms with E-state index >= 15 is 0 Å². The molecule has 0 aliphatic rings. The number of methoxy groups -OCH3 is 1. The zero-order chi connectivity index (χ0) is 19.8. The van der Waals surface area contributed by atoms with Crippen LogP contribution in [0.5, 0.6) is 5.75 Å². The molecule has 1 aromatic carbocycles. The van der Waals surface area contributed by atoms with Crippen LogP contribution in [0.2, 0.25) is 5.15 Å². The first kappa shape index (κ1) is 20.8. The monoisotopic (exact) mass is 393 g/mol. The maximum Gasteiger partial charge on any atom is 0.343 e. The fourth-order valence-electron chi connectivity index (χ4n) is 2.44. The van der Waals surface area contributed by atoms with Gasteiger partial charge in [0, 0.05) is 13.1 Å². The van der Waals surface area contributed by atoms with Gasteiger partial charge in [-0.3, -0.25) is 9.48 Å². The Morgan fingerprint density at radius 3 is 2.59 bits per heavy atom. The maximum absolute atomic E-state index is 12.3. The predicted octanol–water partition coefficient (Wildman–Crippen LogP) is 3.13. The van der Waals surface area contributed by atoms with Gasteiger partial charge in [-0.2, -0.15) is 5.10 Å². The van der Waals surface area contributed by atoms with E-state index < -0.39 is 11.9 Å². The number of aromatic nitrogens is 2. The van der Waals surface area contributed by atoms with Crippen LogP contribution < -0.4 is 10.1 Å². The van der Waals surface area contributed by atoms with Crippen molar-refractivity contribution in [2.45, 2.75) is 39.8 Å². The number of amides is 1. The molecule has 0 radical (unpaired) electrons. The molecule has 1 N–H and O–H groups in total. The van der Waals surface area contributed by atoms with Gasteiger partial charge >= 0.3 is 5.97 Å². The number of nitrogens with zero attached hydrogens (tertiary/aromatic N) is 2. The topological polar surface area (TPSA) is 82.5 Å². The quantitative estimate of drug-likeness (QED) is 0.662.